The highest BCUT2D eigenvalue weighted by atomic mass is 79.9. The van der Waals surface area contributed by atoms with E-state index in [-0.39, 0.29) is 11.3 Å². The summed E-state index contributed by atoms with van der Waals surface area (Å²) in [6.07, 6.45) is 0. The van der Waals surface area contributed by atoms with Crippen molar-refractivity contribution in [2.75, 3.05) is 7.11 Å². The maximum Gasteiger partial charge on any atom is 0.190 e. The van der Waals surface area contributed by atoms with Gasteiger partial charge in [0, 0.05) is 0 Å². The average Bonchev–Trinajstić information content (AvgIpc) is 2.16. The summed E-state index contributed by atoms with van der Waals surface area (Å²) < 4.78 is 17.3. The molecule has 0 aliphatic heterocycles. The summed E-state index contributed by atoms with van der Waals surface area (Å²) in [6.45, 7) is 0. The van der Waals surface area contributed by atoms with Gasteiger partial charge in [-0.3, -0.25) is 4.79 Å². The van der Waals surface area contributed by atoms with E-state index in [9.17, 15) is 9.18 Å². The van der Waals surface area contributed by atoms with Crippen molar-refractivity contribution in [2.45, 2.75) is 3.74 Å². The predicted molar refractivity (Wildman–Crippen MR) is 58.9 cm³/mol. The molecule has 0 heterocycles. The van der Waals surface area contributed by atoms with Crippen molar-refractivity contribution < 1.29 is 13.9 Å². The summed E-state index contributed by atoms with van der Waals surface area (Å²) in [6, 6.07) is 3.81. The third-order valence-electron chi connectivity index (χ3n) is 1.63. The highest BCUT2D eigenvalue weighted by Crippen LogP contribution is 2.24. The fraction of sp³-hybridized carbons (Fsp3) is 0.222. The van der Waals surface area contributed by atoms with Crippen LogP contribution in [0.5, 0.6) is 5.75 Å². The van der Waals surface area contributed by atoms with Crippen molar-refractivity contribution in [3.63, 3.8) is 0 Å². The van der Waals surface area contributed by atoms with Crippen LogP contribution in [0, 0.1) is 5.82 Å². The Morgan fingerprint density at radius 3 is 2.64 bits per heavy atom. The number of methoxy groups -OCH3 is 1. The Kier molecular flexibility index (Phi) is 4.07. The molecule has 0 aromatic heterocycles. The van der Waals surface area contributed by atoms with E-state index < -0.39 is 9.55 Å². The van der Waals surface area contributed by atoms with Crippen LogP contribution in [-0.2, 0) is 0 Å². The molecule has 1 aromatic rings. The number of carbonyl (C=O) groups excluding carboxylic acids is 1. The minimum Gasteiger partial charge on any atom is -0.496 e. The molecule has 0 bridgehead atoms. The van der Waals surface area contributed by atoms with E-state index in [2.05, 4.69) is 31.9 Å². The number of ether oxygens (including phenoxy) is 1. The van der Waals surface area contributed by atoms with Crippen molar-refractivity contribution in [3.8, 4) is 5.75 Å². The molecule has 0 aliphatic rings. The van der Waals surface area contributed by atoms with Gasteiger partial charge in [-0.1, -0.05) is 31.9 Å². The van der Waals surface area contributed by atoms with E-state index in [1.165, 1.54) is 19.2 Å². The maximum absolute atomic E-state index is 12.9. The average molecular weight is 326 g/mol. The van der Waals surface area contributed by atoms with Gasteiger partial charge < -0.3 is 4.74 Å². The lowest BCUT2D eigenvalue weighted by molar-refractivity contribution is 0.101. The number of alkyl halides is 2. The first-order valence-corrected chi connectivity index (χ1v) is 5.55. The van der Waals surface area contributed by atoms with Gasteiger partial charge >= 0.3 is 0 Å². The van der Waals surface area contributed by atoms with Crippen molar-refractivity contribution in [2.24, 2.45) is 0 Å². The molecule has 76 valence electrons. The summed E-state index contributed by atoms with van der Waals surface area (Å²) in [5, 5.41) is 0. The highest BCUT2D eigenvalue weighted by molar-refractivity contribution is 9.25. The molecule has 0 N–H and O–H groups in total. The lowest BCUT2D eigenvalue weighted by atomic mass is 10.1. The van der Waals surface area contributed by atoms with Gasteiger partial charge in [0.2, 0.25) is 0 Å². The SMILES string of the molecule is COc1ccc(F)cc1C(=O)C(Br)Br. The quantitative estimate of drug-likeness (QED) is 0.630. The molecule has 1 aromatic carbocycles. The number of carbonyl (C=O) groups is 1. The van der Waals surface area contributed by atoms with E-state index in [1.54, 1.807) is 0 Å². The fourth-order valence-electron chi connectivity index (χ4n) is 0.990. The molecule has 1 rings (SSSR count). The zero-order chi connectivity index (χ0) is 10.7. The molecule has 0 saturated carbocycles. The fourth-order valence-corrected chi connectivity index (χ4v) is 1.48. The molecule has 0 spiro atoms. The van der Waals surface area contributed by atoms with Gasteiger partial charge in [-0.25, -0.2) is 4.39 Å². The number of benzene rings is 1. The third-order valence-corrected chi connectivity index (χ3v) is 2.46. The van der Waals surface area contributed by atoms with Crippen molar-refractivity contribution in [3.05, 3.63) is 29.6 Å². The Bertz CT molecular complexity index is 353. The molecule has 0 radical (unpaired) electrons. The molecule has 0 atom stereocenters. The second kappa shape index (κ2) is 4.89. The number of ketones is 1. The van der Waals surface area contributed by atoms with Gasteiger partial charge in [-0.05, 0) is 18.2 Å². The van der Waals surface area contributed by atoms with Gasteiger partial charge in [0.05, 0.1) is 12.7 Å². The lowest BCUT2D eigenvalue weighted by Crippen LogP contribution is -2.09. The second-order valence-corrected chi connectivity index (χ2v) is 5.57. The summed E-state index contributed by atoms with van der Waals surface area (Å²) in [7, 11) is 1.43. The first-order valence-electron chi connectivity index (χ1n) is 3.72. The first-order chi connectivity index (χ1) is 6.56. The molecular formula is C9H7Br2FO2. The topological polar surface area (TPSA) is 26.3 Å². The molecule has 2 nitrogen and oxygen atoms in total. The van der Waals surface area contributed by atoms with Crippen molar-refractivity contribution in [1.82, 2.24) is 0 Å². The predicted octanol–water partition coefficient (Wildman–Crippen LogP) is 3.13. The Morgan fingerprint density at radius 2 is 2.14 bits per heavy atom. The van der Waals surface area contributed by atoms with Crippen LogP contribution in [0.25, 0.3) is 0 Å². The molecule has 5 heteroatoms. The Balaban J connectivity index is 3.17. The van der Waals surface area contributed by atoms with Crippen LogP contribution in [0.1, 0.15) is 10.4 Å². The molecule has 0 fully saturated rings. The standard InChI is InChI=1S/C9H7Br2FO2/c1-14-7-3-2-5(12)4-6(7)8(13)9(10)11/h2-4,9H,1H3. The summed E-state index contributed by atoms with van der Waals surface area (Å²) in [4.78, 5) is 11.5. The highest BCUT2D eigenvalue weighted by Gasteiger charge is 2.18. The van der Waals surface area contributed by atoms with Gasteiger partial charge in [-0.15, -0.1) is 0 Å². The Labute approximate surface area is 97.7 Å². The summed E-state index contributed by atoms with van der Waals surface area (Å²) in [5.41, 5.74) is 0.214. The van der Waals surface area contributed by atoms with E-state index in [4.69, 9.17) is 4.74 Å². The number of Topliss-reactive ketones (excluding diaryl/α,β-unsaturated/α-hetero) is 1. The summed E-state index contributed by atoms with van der Waals surface area (Å²) >= 11 is 6.11. The van der Waals surface area contributed by atoms with Crippen LogP contribution < -0.4 is 4.74 Å². The monoisotopic (exact) mass is 324 g/mol. The number of hydrogen-bond donors (Lipinski definition) is 0. The van der Waals surface area contributed by atoms with Crippen LogP contribution in [0.2, 0.25) is 0 Å². The molecule has 0 aliphatic carbocycles. The molecular weight excluding hydrogens is 319 g/mol. The van der Waals surface area contributed by atoms with Gasteiger partial charge in [-0.2, -0.15) is 0 Å². The van der Waals surface area contributed by atoms with Crippen LogP contribution in [0.4, 0.5) is 4.39 Å². The Morgan fingerprint density at radius 1 is 1.50 bits per heavy atom. The Hall–Kier alpha value is -0.420. The van der Waals surface area contributed by atoms with E-state index in [0.29, 0.717) is 5.75 Å². The van der Waals surface area contributed by atoms with Crippen LogP contribution >= 0.6 is 31.9 Å². The van der Waals surface area contributed by atoms with Crippen LogP contribution in [-0.4, -0.2) is 16.6 Å². The molecule has 0 amide bonds. The van der Waals surface area contributed by atoms with E-state index >= 15 is 0 Å². The van der Waals surface area contributed by atoms with Crippen LogP contribution in [0.15, 0.2) is 18.2 Å². The smallest absolute Gasteiger partial charge is 0.190 e. The zero-order valence-corrected chi connectivity index (χ0v) is 10.4. The third kappa shape index (κ3) is 2.54. The minimum atomic E-state index is -0.536. The van der Waals surface area contributed by atoms with E-state index in [0.717, 1.165) is 6.07 Å². The summed E-state index contributed by atoms with van der Waals surface area (Å²) in [5.74, 6) is -0.378. The van der Waals surface area contributed by atoms with Gasteiger partial charge in [0.15, 0.2) is 5.78 Å². The maximum atomic E-state index is 12.9. The zero-order valence-electron chi connectivity index (χ0n) is 7.26. The molecule has 14 heavy (non-hydrogen) atoms. The van der Waals surface area contributed by atoms with Crippen molar-refractivity contribution >= 4 is 37.6 Å². The van der Waals surface area contributed by atoms with Gasteiger partial charge in [0.25, 0.3) is 0 Å². The number of hydrogen-bond acceptors (Lipinski definition) is 2. The number of halogens is 3. The molecule has 0 unspecified atom stereocenters. The van der Waals surface area contributed by atoms with E-state index in [1.807, 2.05) is 0 Å². The normalized spacial score (nSPS) is 10.4. The lowest BCUT2D eigenvalue weighted by Gasteiger charge is -2.07. The number of rotatable bonds is 3. The largest absolute Gasteiger partial charge is 0.496 e. The van der Waals surface area contributed by atoms with Gasteiger partial charge in [0.1, 0.15) is 15.3 Å². The van der Waals surface area contributed by atoms with Crippen LogP contribution in [0.3, 0.4) is 0 Å². The molecule has 0 saturated heterocycles. The minimum absolute atomic E-state index is 0.214. The first kappa shape index (κ1) is 11.7. The van der Waals surface area contributed by atoms with Crippen molar-refractivity contribution in [1.29, 1.82) is 0 Å². The second-order valence-electron chi connectivity index (χ2n) is 2.51.